The van der Waals surface area contributed by atoms with Crippen molar-refractivity contribution < 1.29 is 14.3 Å². The topological polar surface area (TPSA) is 62.7 Å². The number of rotatable bonds is 3. The van der Waals surface area contributed by atoms with Gasteiger partial charge >= 0.3 is 0 Å². The standard InChI is InChI=1S/C18H17N3O3/c22-17(12-24-14-5-3-7-19-11-14)20-8-9-21-16(20)10-13-4-1-2-6-15(13)18(21)23/h1-7,11,16H,8-10,12H2. The largest absolute Gasteiger partial charge is 0.482 e. The van der Waals surface area contributed by atoms with Gasteiger partial charge in [-0.25, -0.2) is 0 Å². The summed E-state index contributed by atoms with van der Waals surface area (Å²) in [5, 5.41) is 0. The van der Waals surface area contributed by atoms with E-state index in [-0.39, 0.29) is 24.6 Å². The van der Waals surface area contributed by atoms with Crippen LogP contribution in [0.15, 0.2) is 48.8 Å². The number of hydrogen-bond acceptors (Lipinski definition) is 4. The lowest BCUT2D eigenvalue weighted by atomic mass is 9.97. The molecular formula is C18H17N3O3. The Kier molecular flexibility index (Phi) is 3.65. The molecule has 1 atom stereocenters. The zero-order chi connectivity index (χ0) is 16.5. The third-order valence-corrected chi connectivity index (χ3v) is 4.53. The van der Waals surface area contributed by atoms with Crippen molar-refractivity contribution in [2.75, 3.05) is 19.7 Å². The highest BCUT2D eigenvalue weighted by Gasteiger charge is 2.42. The van der Waals surface area contributed by atoms with Crippen LogP contribution >= 0.6 is 0 Å². The van der Waals surface area contributed by atoms with Crippen LogP contribution in [0, 0.1) is 0 Å². The predicted octanol–water partition coefficient (Wildman–Crippen LogP) is 1.33. The molecule has 1 fully saturated rings. The molecule has 2 aliphatic rings. The van der Waals surface area contributed by atoms with Crippen molar-refractivity contribution >= 4 is 11.8 Å². The molecule has 2 aromatic rings. The Morgan fingerprint density at radius 2 is 2.08 bits per heavy atom. The van der Waals surface area contributed by atoms with Gasteiger partial charge in [-0.2, -0.15) is 0 Å². The smallest absolute Gasteiger partial charge is 0.262 e. The summed E-state index contributed by atoms with van der Waals surface area (Å²) in [5.74, 6) is 0.454. The maximum Gasteiger partial charge on any atom is 0.262 e. The summed E-state index contributed by atoms with van der Waals surface area (Å²) < 4.78 is 5.50. The lowest BCUT2D eigenvalue weighted by molar-refractivity contribution is -0.135. The molecule has 0 aliphatic carbocycles. The number of fused-ring (bicyclic) bond motifs is 2. The molecule has 6 nitrogen and oxygen atoms in total. The van der Waals surface area contributed by atoms with Crippen molar-refractivity contribution in [2.45, 2.75) is 12.6 Å². The number of amides is 2. The van der Waals surface area contributed by atoms with E-state index in [2.05, 4.69) is 4.98 Å². The normalized spacial score (nSPS) is 19.0. The molecule has 3 heterocycles. The number of benzene rings is 1. The van der Waals surface area contributed by atoms with E-state index in [4.69, 9.17) is 4.74 Å². The number of ether oxygens (including phenoxy) is 1. The van der Waals surface area contributed by atoms with Crippen LogP contribution in [0.5, 0.6) is 5.75 Å². The molecule has 1 unspecified atom stereocenters. The van der Waals surface area contributed by atoms with Gasteiger partial charge in [-0.15, -0.1) is 0 Å². The second-order valence-corrected chi connectivity index (χ2v) is 5.90. The first-order valence-corrected chi connectivity index (χ1v) is 7.95. The van der Waals surface area contributed by atoms with Crippen LogP contribution in [-0.2, 0) is 11.2 Å². The molecule has 0 spiro atoms. The molecule has 1 aromatic heterocycles. The Labute approximate surface area is 139 Å². The van der Waals surface area contributed by atoms with Crippen LogP contribution < -0.4 is 4.74 Å². The van der Waals surface area contributed by atoms with E-state index in [9.17, 15) is 9.59 Å². The maximum absolute atomic E-state index is 12.6. The van der Waals surface area contributed by atoms with Crippen molar-refractivity contribution in [3.63, 3.8) is 0 Å². The minimum atomic E-state index is -0.211. The van der Waals surface area contributed by atoms with Crippen molar-refractivity contribution in [2.24, 2.45) is 0 Å². The molecule has 2 amide bonds. The fraction of sp³-hybridized carbons (Fsp3) is 0.278. The maximum atomic E-state index is 12.6. The second kappa shape index (κ2) is 5.96. The number of hydrogen-bond donors (Lipinski definition) is 0. The van der Waals surface area contributed by atoms with Gasteiger partial charge in [-0.05, 0) is 23.8 Å². The van der Waals surface area contributed by atoms with Crippen molar-refractivity contribution in [3.05, 3.63) is 59.9 Å². The number of carbonyl (C=O) groups is 2. The Morgan fingerprint density at radius 1 is 1.21 bits per heavy atom. The summed E-state index contributed by atoms with van der Waals surface area (Å²) in [6, 6.07) is 11.1. The summed E-state index contributed by atoms with van der Waals surface area (Å²) in [7, 11) is 0. The van der Waals surface area contributed by atoms with Gasteiger partial charge in [-0.3, -0.25) is 14.6 Å². The van der Waals surface area contributed by atoms with Crippen molar-refractivity contribution in [3.8, 4) is 5.75 Å². The van der Waals surface area contributed by atoms with Gasteiger partial charge in [0.05, 0.1) is 6.20 Å². The molecule has 0 N–H and O–H groups in total. The van der Waals surface area contributed by atoms with Crippen LogP contribution in [0.4, 0.5) is 0 Å². The molecule has 0 saturated carbocycles. The Bertz CT molecular complexity index is 778. The first kappa shape index (κ1) is 14.7. The minimum absolute atomic E-state index is 0.00493. The van der Waals surface area contributed by atoms with E-state index in [1.165, 1.54) is 0 Å². The number of carbonyl (C=O) groups excluding carboxylic acids is 2. The zero-order valence-electron chi connectivity index (χ0n) is 13.1. The zero-order valence-corrected chi connectivity index (χ0v) is 13.1. The van der Waals surface area contributed by atoms with Gasteiger partial charge in [0.25, 0.3) is 11.8 Å². The van der Waals surface area contributed by atoms with Gasteiger partial charge in [0.15, 0.2) is 6.61 Å². The van der Waals surface area contributed by atoms with Crippen LogP contribution in [0.1, 0.15) is 15.9 Å². The quantitative estimate of drug-likeness (QED) is 0.855. The van der Waals surface area contributed by atoms with E-state index >= 15 is 0 Å². The highest BCUT2D eigenvalue weighted by atomic mass is 16.5. The molecule has 6 heteroatoms. The average Bonchev–Trinajstić information content (AvgIpc) is 3.05. The highest BCUT2D eigenvalue weighted by molar-refractivity contribution is 5.97. The SMILES string of the molecule is O=C(COc1cccnc1)N1CCN2C(=O)c3ccccc3CC12. The average molecular weight is 323 g/mol. The summed E-state index contributed by atoms with van der Waals surface area (Å²) in [5.41, 5.74) is 1.74. The lowest BCUT2D eigenvalue weighted by Gasteiger charge is -2.34. The number of pyridine rings is 1. The molecule has 24 heavy (non-hydrogen) atoms. The number of aromatic nitrogens is 1. The monoisotopic (exact) mass is 323 g/mol. The first-order valence-electron chi connectivity index (χ1n) is 7.95. The molecular weight excluding hydrogens is 306 g/mol. The predicted molar refractivity (Wildman–Crippen MR) is 86.4 cm³/mol. The summed E-state index contributed by atoms with van der Waals surface area (Å²) in [6.07, 6.45) is 3.68. The Morgan fingerprint density at radius 3 is 2.92 bits per heavy atom. The Hall–Kier alpha value is -2.89. The minimum Gasteiger partial charge on any atom is -0.482 e. The Balaban J connectivity index is 1.48. The molecule has 0 radical (unpaired) electrons. The third kappa shape index (κ3) is 2.50. The fourth-order valence-corrected chi connectivity index (χ4v) is 3.35. The van der Waals surface area contributed by atoms with Crippen LogP contribution in [0.25, 0.3) is 0 Å². The van der Waals surface area contributed by atoms with E-state index < -0.39 is 0 Å². The van der Waals surface area contributed by atoms with Crippen molar-refractivity contribution in [1.29, 1.82) is 0 Å². The molecule has 4 rings (SSSR count). The van der Waals surface area contributed by atoms with Crippen LogP contribution in [-0.4, -0.2) is 52.5 Å². The van der Waals surface area contributed by atoms with E-state index in [1.807, 2.05) is 24.3 Å². The molecule has 1 aromatic carbocycles. The molecule has 2 aliphatic heterocycles. The van der Waals surface area contributed by atoms with Crippen LogP contribution in [0.3, 0.4) is 0 Å². The van der Waals surface area contributed by atoms with E-state index in [1.54, 1.807) is 34.3 Å². The molecule has 0 bridgehead atoms. The van der Waals surface area contributed by atoms with E-state index in [0.29, 0.717) is 25.3 Å². The molecule has 1 saturated heterocycles. The fourth-order valence-electron chi connectivity index (χ4n) is 3.35. The first-order chi connectivity index (χ1) is 11.7. The highest BCUT2D eigenvalue weighted by Crippen LogP contribution is 2.28. The van der Waals surface area contributed by atoms with Gasteiger partial charge < -0.3 is 14.5 Å². The van der Waals surface area contributed by atoms with Crippen molar-refractivity contribution in [1.82, 2.24) is 14.8 Å². The van der Waals surface area contributed by atoms with Gasteiger partial charge in [0.1, 0.15) is 11.9 Å². The number of nitrogens with zero attached hydrogens (tertiary/aromatic N) is 3. The summed E-state index contributed by atoms with van der Waals surface area (Å²) in [4.78, 5) is 32.6. The van der Waals surface area contributed by atoms with Gasteiger partial charge in [0, 0.05) is 31.3 Å². The summed E-state index contributed by atoms with van der Waals surface area (Å²) >= 11 is 0. The lowest BCUT2D eigenvalue weighted by Crippen LogP contribution is -2.49. The van der Waals surface area contributed by atoms with Crippen LogP contribution in [0.2, 0.25) is 0 Å². The van der Waals surface area contributed by atoms with Gasteiger partial charge in [0.2, 0.25) is 0 Å². The third-order valence-electron chi connectivity index (χ3n) is 4.53. The summed E-state index contributed by atoms with van der Waals surface area (Å²) in [6.45, 7) is 1.06. The van der Waals surface area contributed by atoms with Gasteiger partial charge in [-0.1, -0.05) is 18.2 Å². The van der Waals surface area contributed by atoms with E-state index in [0.717, 1.165) is 11.1 Å². The second-order valence-electron chi connectivity index (χ2n) is 5.90. The molecule has 122 valence electrons.